The van der Waals surface area contributed by atoms with Crippen molar-refractivity contribution < 1.29 is 59.0 Å². The Morgan fingerprint density at radius 1 is 0.780 bits per heavy atom. The third kappa shape index (κ3) is 5.88. The first-order chi connectivity index (χ1) is 18.5. The van der Waals surface area contributed by atoms with Crippen LogP contribution in [0.2, 0.25) is 0 Å². The Hall–Kier alpha value is -2.56. The molecule has 16 heteroatoms. The number of alkyl halides is 3. The molecule has 0 spiro atoms. The van der Waals surface area contributed by atoms with E-state index in [1.165, 1.54) is 26.4 Å². The molecule has 2 aromatic rings. The molecule has 0 saturated heterocycles. The summed E-state index contributed by atoms with van der Waals surface area (Å²) in [7, 11) is -9.30. The molecule has 10 nitrogen and oxygen atoms in total. The van der Waals surface area contributed by atoms with Crippen LogP contribution in [0.4, 0.5) is 13.2 Å². The maximum absolute atomic E-state index is 13.3. The Morgan fingerprint density at radius 3 is 1.61 bits per heavy atom. The zero-order valence-electron chi connectivity index (χ0n) is 23.8. The normalized spacial score (nSPS) is 21.9. The third-order valence-corrected chi connectivity index (χ3v) is 15.3. The van der Waals surface area contributed by atoms with Crippen LogP contribution < -0.4 is 33.7 Å². The van der Waals surface area contributed by atoms with Crippen LogP contribution in [0.25, 0.3) is 0 Å². The van der Waals surface area contributed by atoms with E-state index in [4.69, 9.17) is 18.9 Å². The molecule has 2 aromatic carbocycles. The van der Waals surface area contributed by atoms with E-state index in [0.29, 0.717) is 16.8 Å². The first-order valence-electron chi connectivity index (χ1n) is 12.1. The SMILES string of the molecule is COc1cc(O)c2c(c1)OCP2(=O)C(C)(C)C.COc1cc2c(c(OS(=O)(=O)C(F)(F)F)c1)P(=O)(C(C)(C)C)CO2. The van der Waals surface area contributed by atoms with Gasteiger partial charge < -0.3 is 37.4 Å². The molecule has 0 amide bonds. The molecule has 0 radical (unpaired) electrons. The van der Waals surface area contributed by atoms with Gasteiger partial charge in [-0.2, -0.15) is 21.6 Å². The van der Waals surface area contributed by atoms with Gasteiger partial charge in [-0.25, -0.2) is 0 Å². The summed E-state index contributed by atoms with van der Waals surface area (Å²) >= 11 is 0. The number of methoxy groups -OCH3 is 2. The monoisotopic (exact) mass is 644 g/mol. The van der Waals surface area contributed by atoms with E-state index in [-0.39, 0.29) is 35.2 Å². The molecule has 2 atom stereocenters. The van der Waals surface area contributed by atoms with Crippen LogP contribution in [0.5, 0.6) is 34.5 Å². The minimum atomic E-state index is -5.93. The van der Waals surface area contributed by atoms with Gasteiger partial charge in [0.25, 0.3) is 0 Å². The lowest BCUT2D eigenvalue weighted by Crippen LogP contribution is -2.30. The molecule has 41 heavy (non-hydrogen) atoms. The van der Waals surface area contributed by atoms with Crippen LogP contribution in [0, 0.1) is 0 Å². The fraction of sp³-hybridized carbons (Fsp3) is 0.520. The summed E-state index contributed by atoms with van der Waals surface area (Å²) in [6, 6.07) is 5.43. The van der Waals surface area contributed by atoms with Crippen LogP contribution in [0.15, 0.2) is 24.3 Å². The van der Waals surface area contributed by atoms with Crippen molar-refractivity contribution in [2.75, 3.05) is 26.9 Å². The molecule has 0 aromatic heterocycles. The van der Waals surface area contributed by atoms with Crippen LogP contribution >= 0.6 is 14.3 Å². The second-order valence-corrected chi connectivity index (χ2v) is 19.9. The zero-order valence-corrected chi connectivity index (χ0v) is 26.4. The van der Waals surface area contributed by atoms with Crippen molar-refractivity contribution in [1.82, 2.24) is 0 Å². The minimum absolute atomic E-state index is 0.00453. The number of benzene rings is 2. The molecule has 2 aliphatic rings. The van der Waals surface area contributed by atoms with E-state index in [1.54, 1.807) is 26.8 Å². The van der Waals surface area contributed by atoms with Gasteiger partial charge in [0.05, 0.1) is 19.5 Å². The Balaban J connectivity index is 0.000000239. The fourth-order valence-electron chi connectivity index (χ4n) is 4.04. The molecular weight excluding hydrogens is 611 g/mol. The highest BCUT2D eigenvalue weighted by atomic mass is 32.2. The quantitative estimate of drug-likeness (QED) is 0.255. The number of hydrogen-bond acceptors (Lipinski definition) is 10. The number of fused-ring (bicyclic) bond motifs is 2. The summed E-state index contributed by atoms with van der Waals surface area (Å²) < 4.78 is 112. The van der Waals surface area contributed by atoms with E-state index in [2.05, 4.69) is 4.18 Å². The Kier molecular flexibility index (Phi) is 8.53. The lowest BCUT2D eigenvalue weighted by Gasteiger charge is -2.27. The maximum Gasteiger partial charge on any atom is 0.534 e. The summed E-state index contributed by atoms with van der Waals surface area (Å²) in [5, 5.41) is 9.00. The lowest BCUT2D eigenvalue weighted by atomic mass is 10.2. The largest absolute Gasteiger partial charge is 0.534 e. The summed E-state index contributed by atoms with van der Waals surface area (Å²) in [4.78, 5) is 0. The summed E-state index contributed by atoms with van der Waals surface area (Å²) in [5.41, 5.74) is -5.62. The van der Waals surface area contributed by atoms with E-state index >= 15 is 0 Å². The van der Waals surface area contributed by atoms with Crippen molar-refractivity contribution in [2.45, 2.75) is 57.4 Å². The molecule has 2 aliphatic heterocycles. The molecule has 0 aliphatic carbocycles. The van der Waals surface area contributed by atoms with E-state index < -0.39 is 46.0 Å². The van der Waals surface area contributed by atoms with E-state index in [0.717, 1.165) is 6.07 Å². The molecule has 0 saturated carbocycles. The summed E-state index contributed by atoms with van der Waals surface area (Å²) in [5.74, 6) is 0.278. The Bertz CT molecular complexity index is 1540. The van der Waals surface area contributed by atoms with Gasteiger partial charge in [-0.1, -0.05) is 41.5 Å². The first kappa shape index (κ1) is 32.9. The van der Waals surface area contributed by atoms with Gasteiger partial charge in [-0.05, 0) is 0 Å². The van der Waals surface area contributed by atoms with Gasteiger partial charge in [-0.15, -0.1) is 0 Å². The highest BCUT2D eigenvalue weighted by Crippen LogP contribution is 2.64. The predicted molar refractivity (Wildman–Crippen MR) is 148 cm³/mol. The standard InChI is InChI=1S/C13H16F3O6PS.C12H17O4P/c1-12(2,3)23(17)7-21-9-5-8(20-4)6-10(11(9)23)22-24(18,19)13(14,15)16;1-12(2,3)17(14)7-16-10-6-8(15-4)5-9(13)11(10)17/h5-6H,7H2,1-4H3;5-6,13H,7H2,1-4H3. The van der Waals surface area contributed by atoms with Gasteiger partial charge in [0.1, 0.15) is 46.7 Å². The molecule has 230 valence electrons. The smallest absolute Gasteiger partial charge is 0.507 e. The molecule has 1 N–H and O–H groups in total. The van der Waals surface area contributed by atoms with Crippen LogP contribution in [-0.4, -0.2) is 56.3 Å². The Morgan fingerprint density at radius 2 is 1.20 bits per heavy atom. The number of aromatic hydroxyl groups is 1. The number of halogens is 3. The molecule has 2 unspecified atom stereocenters. The van der Waals surface area contributed by atoms with Crippen LogP contribution in [0.3, 0.4) is 0 Å². The van der Waals surface area contributed by atoms with Crippen LogP contribution in [0.1, 0.15) is 41.5 Å². The third-order valence-electron chi connectivity index (χ3n) is 6.69. The number of hydrogen-bond donors (Lipinski definition) is 1. The van der Waals surface area contributed by atoms with Crippen molar-refractivity contribution in [3.63, 3.8) is 0 Å². The van der Waals surface area contributed by atoms with Crippen molar-refractivity contribution in [1.29, 1.82) is 0 Å². The van der Waals surface area contributed by atoms with Gasteiger partial charge >= 0.3 is 15.6 Å². The van der Waals surface area contributed by atoms with Gasteiger partial charge in [-0.3, -0.25) is 0 Å². The van der Waals surface area contributed by atoms with Crippen LogP contribution in [-0.2, 0) is 19.2 Å². The van der Waals surface area contributed by atoms with Gasteiger partial charge in [0.2, 0.25) is 0 Å². The number of rotatable bonds is 4. The molecule has 2 heterocycles. The summed E-state index contributed by atoms with van der Waals surface area (Å²) in [6.07, 6.45) is -0.117. The lowest BCUT2D eigenvalue weighted by molar-refractivity contribution is -0.0499. The average Bonchev–Trinajstić information content (AvgIpc) is 3.37. The Labute approximate surface area is 236 Å². The second kappa shape index (κ2) is 10.6. The van der Waals surface area contributed by atoms with Crippen molar-refractivity contribution in [2.24, 2.45) is 0 Å². The van der Waals surface area contributed by atoms with Gasteiger partial charge in [0, 0.05) is 34.6 Å². The minimum Gasteiger partial charge on any atom is -0.507 e. The molecular formula is C25H33F3O10P2S. The van der Waals surface area contributed by atoms with Crippen molar-refractivity contribution >= 4 is 35.0 Å². The highest BCUT2D eigenvalue weighted by molar-refractivity contribution is 7.88. The van der Waals surface area contributed by atoms with E-state index in [9.17, 15) is 35.8 Å². The maximum atomic E-state index is 13.3. The molecule has 0 bridgehead atoms. The molecule has 4 rings (SSSR count). The zero-order chi connectivity index (χ0) is 31.4. The van der Waals surface area contributed by atoms with E-state index in [1.807, 2.05) is 20.8 Å². The summed E-state index contributed by atoms with van der Waals surface area (Å²) in [6.45, 7) is 10.6. The number of phenolic OH excluding ortho intramolecular Hbond substituents is 1. The fourth-order valence-corrected chi connectivity index (χ4v) is 9.45. The number of phenols is 1. The first-order valence-corrected chi connectivity index (χ1v) is 17.3. The average molecular weight is 645 g/mol. The van der Waals surface area contributed by atoms with Crippen molar-refractivity contribution in [3.8, 4) is 34.5 Å². The van der Waals surface area contributed by atoms with Crippen molar-refractivity contribution in [3.05, 3.63) is 24.3 Å². The molecule has 0 fully saturated rings. The predicted octanol–water partition coefficient (Wildman–Crippen LogP) is 5.60. The topological polar surface area (TPSA) is 135 Å². The second-order valence-electron chi connectivity index (χ2n) is 11.3. The number of ether oxygens (including phenoxy) is 4. The highest BCUT2D eigenvalue weighted by Gasteiger charge is 2.52. The van der Waals surface area contributed by atoms with Gasteiger partial charge in [0.15, 0.2) is 20.0 Å².